The molecule has 1 unspecified atom stereocenters. The standard InChI is InChI=1S/C24H29FN4O2/c1-15-19-8-9-20(30)29(13-16-6-5-7-18(25)12-16)22(19)27-21(26-15)17-10-11-28(14-17)23(31)24(2,3)4/h5-7,12,17H,8-11,13-14H2,1-4H3. The second kappa shape index (κ2) is 8.02. The first-order valence-corrected chi connectivity index (χ1v) is 10.8. The summed E-state index contributed by atoms with van der Waals surface area (Å²) >= 11 is 0. The lowest BCUT2D eigenvalue weighted by Gasteiger charge is -2.30. The van der Waals surface area contributed by atoms with Crippen molar-refractivity contribution < 1.29 is 14.0 Å². The maximum absolute atomic E-state index is 13.7. The van der Waals surface area contributed by atoms with Crippen LogP contribution in [-0.2, 0) is 22.6 Å². The predicted octanol–water partition coefficient (Wildman–Crippen LogP) is 3.77. The number of aryl methyl sites for hydroxylation is 1. The van der Waals surface area contributed by atoms with Gasteiger partial charge in [-0.1, -0.05) is 32.9 Å². The van der Waals surface area contributed by atoms with E-state index >= 15 is 0 Å². The number of amides is 2. The quantitative estimate of drug-likeness (QED) is 0.752. The second-order valence-corrected chi connectivity index (χ2v) is 9.57. The third-order valence-corrected chi connectivity index (χ3v) is 6.07. The summed E-state index contributed by atoms with van der Waals surface area (Å²) in [6.45, 7) is 9.29. The normalized spacial score (nSPS) is 19.0. The number of fused-ring (bicyclic) bond motifs is 1. The van der Waals surface area contributed by atoms with Gasteiger partial charge in [-0.05, 0) is 37.5 Å². The molecular weight excluding hydrogens is 395 g/mol. The second-order valence-electron chi connectivity index (χ2n) is 9.57. The predicted molar refractivity (Wildman–Crippen MR) is 116 cm³/mol. The van der Waals surface area contributed by atoms with Gasteiger partial charge in [0.25, 0.3) is 0 Å². The van der Waals surface area contributed by atoms with E-state index in [2.05, 4.69) is 0 Å². The van der Waals surface area contributed by atoms with Gasteiger partial charge in [0.05, 0.1) is 6.54 Å². The number of hydrogen-bond donors (Lipinski definition) is 0. The van der Waals surface area contributed by atoms with Gasteiger partial charge < -0.3 is 4.90 Å². The Morgan fingerprint density at radius 3 is 2.71 bits per heavy atom. The average Bonchev–Trinajstić information content (AvgIpc) is 3.19. The molecule has 1 aromatic heterocycles. The molecule has 0 radical (unpaired) electrons. The Morgan fingerprint density at radius 2 is 2.00 bits per heavy atom. The Labute approximate surface area is 182 Å². The van der Waals surface area contributed by atoms with E-state index in [9.17, 15) is 14.0 Å². The van der Waals surface area contributed by atoms with Crippen LogP contribution in [-0.4, -0.2) is 39.8 Å². The smallest absolute Gasteiger partial charge is 0.228 e. The van der Waals surface area contributed by atoms with Gasteiger partial charge in [-0.2, -0.15) is 0 Å². The lowest BCUT2D eigenvalue weighted by Crippen LogP contribution is -2.38. The zero-order chi connectivity index (χ0) is 22.3. The molecule has 0 N–H and O–H groups in total. The lowest BCUT2D eigenvalue weighted by molar-refractivity contribution is -0.138. The first-order valence-electron chi connectivity index (χ1n) is 10.8. The number of rotatable bonds is 3. The van der Waals surface area contributed by atoms with Gasteiger partial charge in [0, 0.05) is 42.1 Å². The zero-order valence-electron chi connectivity index (χ0n) is 18.6. The molecule has 164 valence electrons. The van der Waals surface area contributed by atoms with Crippen molar-refractivity contribution in [2.45, 2.75) is 59.4 Å². The fraction of sp³-hybridized carbons (Fsp3) is 0.500. The molecule has 7 heteroatoms. The molecule has 0 aliphatic carbocycles. The molecule has 0 saturated carbocycles. The molecule has 4 rings (SSSR count). The fourth-order valence-electron chi connectivity index (χ4n) is 4.40. The molecule has 0 bridgehead atoms. The van der Waals surface area contributed by atoms with Crippen molar-refractivity contribution in [3.63, 3.8) is 0 Å². The maximum atomic E-state index is 13.7. The van der Waals surface area contributed by atoms with E-state index in [0.717, 1.165) is 23.2 Å². The topological polar surface area (TPSA) is 66.4 Å². The number of anilines is 1. The minimum atomic E-state index is -0.421. The molecular formula is C24H29FN4O2. The molecule has 31 heavy (non-hydrogen) atoms. The third kappa shape index (κ3) is 4.31. The Kier molecular flexibility index (Phi) is 5.54. The van der Waals surface area contributed by atoms with E-state index in [1.54, 1.807) is 11.0 Å². The van der Waals surface area contributed by atoms with E-state index < -0.39 is 5.41 Å². The first kappa shape index (κ1) is 21.4. The SMILES string of the molecule is Cc1nc(C2CCN(C(=O)C(C)(C)C)C2)nc2c1CCC(=O)N2Cc1cccc(F)c1. The number of halogens is 1. The summed E-state index contributed by atoms with van der Waals surface area (Å²) < 4.78 is 13.7. The van der Waals surface area contributed by atoms with E-state index in [-0.39, 0.29) is 30.1 Å². The molecule has 1 aromatic carbocycles. The summed E-state index contributed by atoms with van der Waals surface area (Å²) in [5, 5.41) is 0. The highest BCUT2D eigenvalue weighted by atomic mass is 19.1. The van der Waals surface area contributed by atoms with Crippen molar-refractivity contribution in [2.75, 3.05) is 18.0 Å². The minimum absolute atomic E-state index is 0.0169. The lowest BCUT2D eigenvalue weighted by atomic mass is 9.95. The minimum Gasteiger partial charge on any atom is -0.341 e. The van der Waals surface area contributed by atoms with Crippen LogP contribution in [0.4, 0.5) is 10.2 Å². The monoisotopic (exact) mass is 424 g/mol. The number of nitrogens with zero attached hydrogens (tertiary/aromatic N) is 4. The highest BCUT2D eigenvalue weighted by Crippen LogP contribution is 2.34. The van der Waals surface area contributed by atoms with Gasteiger partial charge in [0.2, 0.25) is 11.8 Å². The van der Waals surface area contributed by atoms with E-state index in [4.69, 9.17) is 9.97 Å². The number of aromatic nitrogens is 2. The number of likely N-dealkylation sites (tertiary alicyclic amines) is 1. The van der Waals surface area contributed by atoms with Crippen molar-refractivity contribution in [3.8, 4) is 0 Å². The molecule has 1 saturated heterocycles. The Balaban J connectivity index is 1.63. The number of carbonyl (C=O) groups is 2. The Bertz CT molecular complexity index is 1030. The summed E-state index contributed by atoms with van der Waals surface area (Å²) in [6.07, 6.45) is 1.81. The summed E-state index contributed by atoms with van der Waals surface area (Å²) in [4.78, 5) is 38.6. The van der Waals surface area contributed by atoms with Crippen molar-refractivity contribution in [2.24, 2.45) is 5.41 Å². The van der Waals surface area contributed by atoms with Crippen molar-refractivity contribution in [3.05, 3.63) is 52.7 Å². The summed E-state index contributed by atoms with van der Waals surface area (Å²) in [5.74, 6) is 1.15. The van der Waals surface area contributed by atoms with Crippen LogP contribution in [0.3, 0.4) is 0 Å². The average molecular weight is 425 g/mol. The van der Waals surface area contributed by atoms with Crippen molar-refractivity contribution in [1.29, 1.82) is 0 Å². The maximum Gasteiger partial charge on any atom is 0.228 e. The summed E-state index contributed by atoms with van der Waals surface area (Å²) in [6, 6.07) is 6.30. The van der Waals surface area contributed by atoms with Crippen LogP contribution < -0.4 is 4.90 Å². The van der Waals surface area contributed by atoms with Crippen molar-refractivity contribution >= 4 is 17.6 Å². The largest absolute Gasteiger partial charge is 0.341 e. The molecule has 6 nitrogen and oxygen atoms in total. The number of benzene rings is 1. The Hall–Kier alpha value is -2.83. The first-order chi connectivity index (χ1) is 14.6. The number of carbonyl (C=O) groups excluding carboxylic acids is 2. The molecule has 2 aliphatic heterocycles. The molecule has 2 aromatic rings. The summed E-state index contributed by atoms with van der Waals surface area (Å²) in [5.41, 5.74) is 2.15. The van der Waals surface area contributed by atoms with Crippen LogP contribution in [0, 0.1) is 18.2 Å². The molecule has 3 heterocycles. The number of hydrogen-bond acceptors (Lipinski definition) is 4. The highest BCUT2D eigenvalue weighted by molar-refractivity contribution is 5.95. The van der Waals surface area contributed by atoms with Crippen LogP contribution >= 0.6 is 0 Å². The van der Waals surface area contributed by atoms with E-state index in [1.807, 2.05) is 38.7 Å². The van der Waals surface area contributed by atoms with Crippen LogP contribution in [0.2, 0.25) is 0 Å². The van der Waals surface area contributed by atoms with Gasteiger partial charge in [0.1, 0.15) is 17.5 Å². The van der Waals surface area contributed by atoms with Crippen molar-refractivity contribution in [1.82, 2.24) is 14.9 Å². The third-order valence-electron chi connectivity index (χ3n) is 6.07. The van der Waals surface area contributed by atoms with Crippen LogP contribution in [0.1, 0.15) is 62.2 Å². The summed E-state index contributed by atoms with van der Waals surface area (Å²) in [7, 11) is 0. The highest BCUT2D eigenvalue weighted by Gasteiger charge is 2.36. The molecule has 1 atom stereocenters. The Morgan fingerprint density at radius 1 is 1.23 bits per heavy atom. The molecule has 0 spiro atoms. The van der Waals surface area contributed by atoms with Gasteiger partial charge in [0.15, 0.2) is 0 Å². The van der Waals surface area contributed by atoms with E-state index in [0.29, 0.717) is 37.6 Å². The molecule has 2 amide bonds. The van der Waals surface area contributed by atoms with Gasteiger partial charge in [-0.25, -0.2) is 14.4 Å². The molecule has 1 fully saturated rings. The molecule has 2 aliphatic rings. The van der Waals surface area contributed by atoms with Crippen LogP contribution in [0.25, 0.3) is 0 Å². The van der Waals surface area contributed by atoms with E-state index in [1.165, 1.54) is 12.1 Å². The van der Waals surface area contributed by atoms with Crippen LogP contribution in [0.5, 0.6) is 0 Å². The van der Waals surface area contributed by atoms with Gasteiger partial charge >= 0.3 is 0 Å². The van der Waals surface area contributed by atoms with Crippen LogP contribution in [0.15, 0.2) is 24.3 Å². The zero-order valence-corrected chi connectivity index (χ0v) is 18.6. The van der Waals surface area contributed by atoms with Gasteiger partial charge in [-0.3, -0.25) is 14.5 Å². The van der Waals surface area contributed by atoms with Gasteiger partial charge in [-0.15, -0.1) is 0 Å². The fourth-order valence-corrected chi connectivity index (χ4v) is 4.40.